The zero-order chi connectivity index (χ0) is 37.9. The van der Waals surface area contributed by atoms with Crippen LogP contribution in [0.1, 0.15) is 107 Å². The van der Waals surface area contributed by atoms with E-state index in [-0.39, 0.29) is 52.0 Å². The Morgan fingerprint density at radius 2 is 1.72 bits per heavy atom. The minimum Gasteiger partial charge on any atom is -0.457 e. The number of methoxy groups -OCH3 is 1. The van der Waals surface area contributed by atoms with Crippen LogP contribution in [-0.2, 0) is 28.5 Å². The molecule has 53 heavy (non-hydrogen) atoms. The average molecular weight is 745 g/mol. The third-order valence-corrected chi connectivity index (χ3v) is 17.7. The van der Waals surface area contributed by atoms with Crippen molar-refractivity contribution in [3.63, 3.8) is 0 Å². The van der Waals surface area contributed by atoms with Crippen molar-refractivity contribution >= 4 is 5.97 Å². The molecular weight excluding hydrogens is 672 g/mol. The summed E-state index contributed by atoms with van der Waals surface area (Å²) in [4.78, 5) is 17.2. The van der Waals surface area contributed by atoms with Gasteiger partial charge in [-0.05, 0) is 116 Å². The van der Waals surface area contributed by atoms with Crippen molar-refractivity contribution in [2.24, 2.45) is 56.7 Å². The number of carbonyl (C=O) groups excluding carboxylic acids is 1. The van der Waals surface area contributed by atoms with E-state index in [9.17, 15) is 15.0 Å². The minimum absolute atomic E-state index is 0.0474. The second-order valence-electron chi connectivity index (χ2n) is 21.0. The van der Waals surface area contributed by atoms with Gasteiger partial charge in [-0.25, -0.2) is 0 Å². The predicted molar refractivity (Wildman–Crippen MR) is 201 cm³/mol. The first kappa shape index (κ1) is 39.0. The SMILES string of the molecule is COCCN1CC(CN2CCO[C@@H](O[C@H]3CC[C@]45C[C@]46CC[C@]4(C)[C@@H]7C(OC([C@H](OC(C)=O)C(C)(C)O)C[C@H]7C)[C@H](O)[C@@]4(C)C6CC[C@H]5C3(C)C)C2)C1. The number of rotatable bonds is 10. The number of hydrogen-bond acceptors (Lipinski definition) is 10. The highest BCUT2D eigenvalue weighted by Crippen LogP contribution is 2.89. The molecule has 3 saturated heterocycles. The number of fused-ring (bicyclic) bond motifs is 4. The second-order valence-corrected chi connectivity index (χ2v) is 21.0. The number of morpholine rings is 1. The standard InChI is InChI=1S/C43H72N2O8/c1-26-20-29(37(39(5,6)48)51-27(2)46)52-35-34(26)40(7)14-15-43-25-42(43)13-12-32(38(3,4)30(42)10-11-31(43)41(40,8)36(35)47)53-33-24-45(17-19-50-33)23-28-21-44(22-28)16-18-49-9/h26,28-37,47-48H,10-25H2,1-9H3/t26-,29?,30+,31?,32+,33+,34+,35?,36+,37+,40-,41-,42-,43+/m1/s1. The van der Waals surface area contributed by atoms with E-state index >= 15 is 0 Å². The van der Waals surface area contributed by atoms with Crippen molar-refractivity contribution in [3.05, 3.63) is 0 Å². The van der Waals surface area contributed by atoms with Crippen LogP contribution >= 0.6 is 0 Å². The molecule has 0 aromatic carbocycles. The van der Waals surface area contributed by atoms with E-state index in [1.807, 2.05) is 0 Å². The van der Waals surface area contributed by atoms with E-state index in [4.69, 9.17) is 23.7 Å². The molecule has 8 aliphatic rings. The van der Waals surface area contributed by atoms with Crippen molar-refractivity contribution < 1.29 is 38.7 Å². The van der Waals surface area contributed by atoms with E-state index in [2.05, 4.69) is 44.4 Å². The van der Waals surface area contributed by atoms with Crippen molar-refractivity contribution in [1.29, 1.82) is 0 Å². The maximum Gasteiger partial charge on any atom is 0.303 e. The van der Waals surface area contributed by atoms with Gasteiger partial charge in [0.15, 0.2) is 12.4 Å². The summed E-state index contributed by atoms with van der Waals surface area (Å²) in [6.45, 7) is 24.8. The molecule has 302 valence electrons. The highest BCUT2D eigenvalue weighted by Gasteiger charge is 2.84. The Hall–Kier alpha value is -0.850. The van der Waals surface area contributed by atoms with Crippen LogP contribution in [0, 0.1) is 56.7 Å². The molecular formula is C43H72N2O8. The molecule has 3 aliphatic heterocycles. The van der Waals surface area contributed by atoms with Crippen LogP contribution in [0.3, 0.4) is 0 Å². The summed E-state index contributed by atoms with van der Waals surface area (Å²) in [5.74, 6) is 1.84. The number of hydrogen-bond donors (Lipinski definition) is 2. The van der Waals surface area contributed by atoms with Gasteiger partial charge in [-0.1, -0.05) is 34.6 Å². The summed E-state index contributed by atoms with van der Waals surface area (Å²) in [7, 11) is 1.78. The summed E-state index contributed by atoms with van der Waals surface area (Å²) < 4.78 is 31.2. The van der Waals surface area contributed by atoms with E-state index in [0.717, 1.165) is 77.7 Å². The van der Waals surface area contributed by atoms with Crippen LogP contribution < -0.4 is 0 Å². The Balaban J connectivity index is 0.957. The fourth-order valence-corrected chi connectivity index (χ4v) is 15.3. The fraction of sp³-hybridized carbons (Fsp3) is 0.977. The average Bonchev–Trinajstić information content (AvgIpc) is 3.70. The van der Waals surface area contributed by atoms with Crippen LogP contribution in [0.2, 0.25) is 0 Å². The van der Waals surface area contributed by atoms with Gasteiger partial charge in [0, 0.05) is 58.7 Å². The molecule has 0 aromatic heterocycles. The normalized spacial score (nSPS) is 48.7. The van der Waals surface area contributed by atoms with Gasteiger partial charge in [-0.3, -0.25) is 9.69 Å². The summed E-state index contributed by atoms with van der Waals surface area (Å²) in [5.41, 5.74) is -0.966. The molecule has 0 bridgehead atoms. The van der Waals surface area contributed by atoms with E-state index in [1.54, 1.807) is 21.0 Å². The topological polar surface area (TPSA) is 110 Å². The van der Waals surface area contributed by atoms with Crippen LogP contribution in [0.4, 0.5) is 0 Å². The predicted octanol–water partition coefficient (Wildman–Crippen LogP) is 5.12. The van der Waals surface area contributed by atoms with Gasteiger partial charge >= 0.3 is 5.97 Å². The van der Waals surface area contributed by atoms with Gasteiger partial charge in [0.25, 0.3) is 0 Å². The summed E-state index contributed by atoms with van der Waals surface area (Å²) in [6.07, 6.45) is 6.77. The maximum atomic E-state index is 12.6. The molecule has 14 atom stereocenters. The molecule has 0 radical (unpaired) electrons. The van der Waals surface area contributed by atoms with Gasteiger partial charge in [0.1, 0.15) is 0 Å². The lowest BCUT2D eigenvalue weighted by Crippen LogP contribution is -2.60. The number of carbonyl (C=O) groups is 1. The van der Waals surface area contributed by atoms with Crippen LogP contribution in [-0.4, -0.2) is 128 Å². The van der Waals surface area contributed by atoms with E-state index < -0.39 is 29.9 Å². The smallest absolute Gasteiger partial charge is 0.303 e. The van der Waals surface area contributed by atoms with Crippen molar-refractivity contribution in [2.75, 3.05) is 59.6 Å². The summed E-state index contributed by atoms with van der Waals surface area (Å²) in [6, 6.07) is 0. The van der Waals surface area contributed by atoms with Crippen LogP contribution in [0.25, 0.3) is 0 Å². The molecule has 8 rings (SSSR count). The first-order chi connectivity index (χ1) is 24.9. The second kappa shape index (κ2) is 13.4. The summed E-state index contributed by atoms with van der Waals surface area (Å²) >= 11 is 0. The number of aliphatic hydroxyl groups excluding tert-OH is 1. The number of aliphatic hydroxyl groups is 2. The van der Waals surface area contributed by atoms with Gasteiger partial charge in [0.2, 0.25) is 0 Å². The first-order valence-electron chi connectivity index (χ1n) is 21.3. The molecule has 5 saturated carbocycles. The zero-order valence-corrected chi connectivity index (χ0v) is 34.4. The van der Waals surface area contributed by atoms with E-state index in [0.29, 0.717) is 23.7 Å². The highest BCUT2D eigenvalue weighted by atomic mass is 16.7. The molecule has 3 unspecified atom stereocenters. The van der Waals surface area contributed by atoms with Gasteiger partial charge in [-0.15, -0.1) is 0 Å². The maximum absolute atomic E-state index is 12.6. The number of ether oxygens (including phenoxy) is 5. The van der Waals surface area contributed by atoms with Gasteiger partial charge in [0.05, 0.1) is 43.2 Å². The molecule has 10 nitrogen and oxygen atoms in total. The minimum atomic E-state index is -1.25. The number of esters is 1. The Morgan fingerprint density at radius 3 is 2.42 bits per heavy atom. The van der Waals surface area contributed by atoms with Crippen LogP contribution in [0.5, 0.6) is 0 Å². The molecule has 2 spiro atoms. The zero-order valence-electron chi connectivity index (χ0n) is 34.4. The molecule has 5 aliphatic carbocycles. The van der Waals surface area contributed by atoms with E-state index in [1.165, 1.54) is 32.6 Å². The van der Waals surface area contributed by atoms with Crippen molar-refractivity contribution in [3.8, 4) is 0 Å². The molecule has 10 heteroatoms. The molecule has 8 fully saturated rings. The molecule has 3 heterocycles. The van der Waals surface area contributed by atoms with Crippen molar-refractivity contribution in [1.82, 2.24) is 9.80 Å². The Kier molecular flexibility index (Phi) is 9.83. The Labute approximate surface area is 319 Å². The summed E-state index contributed by atoms with van der Waals surface area (Å²) in [5, 5.41) is 23.7. The largest absolute Gasteiger partial charge is 0.457 e. The third-order valence-electron chi connectivity index (χ3n) is 17.7. The Bertz CT molecular complexity index is 1380. The molecule has 2 N–H and O–H groups in total. The van der Waals surface area contributed by atoms with Gasteiger partial charge < -0.3 is 38.8 Å². The number of nitrogens with zero attached hydrogens (tertiary/aromatic N) is 2. The first-order valence-corrected chi connectivity index (χ1v) is 21.3. The fourth-order valence-electron chi connectivity index (χ4n) is 15.3. The van der Waals surface area contributed by atoms with Gasteiger partial charge in [-0.2, -0.15) is 0 Å². The lowest BCUT2D eigenvalue weighted by molar-refractivity contribution is -0.249. The molecule has 0 aromatic rings. The number of likely N-dealkylation sites (tertiary alicyclic amines) is 1. The Morgan fingerprint density at radius 1 is 1.00 bits per heavy atom. The quantitative estimate of drug-likeness (QED) is 0.293. The highest BCUT2D eigenvalue weighted by molar-refractivity contribution is 5.66. The van der Waals surface area contributed by atoms with Crippen LogP contribution in [0.15, 0.2) is 0 Å². The van der Waals surface area contributed by atoms with Crippen molar-refractivity contribution in [2.45, 2.75) is 149 Å². The lowest BCUT2D eigenvalue weighted by atomic mass is 9.41. The lowest BCUT2D eigenvalue weighted by Gasteiger charge is -2.64. The third kappa shape index (κ3) is 5.86. The molecule has 0 amide bonds. The monoisotopic (exact) mass is 745 g/mol.